The van der Waals surface area contributed by atoms with Crippen LogP contribution in [-0.2, 0) is 4.74 Å². The van der Waals surface area contributed by atoms with E-state index in [4.69, 9.17) is 14.2 Å². The summed E-state index contributed by atoms with van der Waals surface area (Å²) in [6.45, 7) is 3.11. The highest BCUT2D eigenvalue weighted by atomic mass is 16.7. The second kappa shape index (κ2) is 6.18. The molecular formula is C16H20N2O3. The predicted molar refractivity (Wildman–Crippen MR) is 82.1 cm³/mol. The van der Waals surface area contributed by atoms with E-state index in [1.165, 1.54) is 0 Å². The number of fused-ring (bicyclic) bond motifs is 2. The molecule has 0 fully saturated rings. The van der Waals surface area contributed by atoms with Gasteiger partial charge in [-0.15, -0.1) is 0 Å². The minimum absolute atomic E-state index is 0.253. The molecule has 1 N–H and O–H groups in total. The third-order valence-corrected chi connectivity index (χ3v) is 3.60. The number of ether oxygens (including phenoxy) is 3. The fourth-order valence-corrected chi connectivity index (χ4v) is 2.62. The molecule has 1 aliphatic rings. The summed E-state index contributed by atoms with van der Waals surface area (Å²) in [5, 5.41) is 5.61. The van der Waals surface area contributed by atoms with Crippen LogP contribution >= 0.6 is 0 Å². The van der Waals surface area contributed by atoms with Gasteiger partial charge >= 0.3 is 0 Å². The van der Waals surface area contributed by atoms with Gasteiger partial charge < -0.3 is 19.5 Å². The van der Waals surface area contributed by atoms with Crippen molar-refractivity contribution >= 4 is 16.6 Å². The van der Waals surface area contributed by atoms with Crippen LogP contribution in [0, 0.1) is 0 Å². The molecule has 0 saturated heterocycles. The standard InChI is InChI=1S/C16H20N2O3/c1-3-4-12(9-19-2)18-16-13-8-15-14(20-10-21-15)7-11(13)5-6-17-16/h5-8,12H,3-4,9-10H2,1-2H3,(H,17,18). The predicted octanol–water partition coefficient (Wildman–Crippen LogP) is 3.19. The molecule has 3 rings (SSSR count). The first-order valence-corrected chi connectivity index (χ1v) is 7.25. The summed E-state index contributed by atoms with van der Waals surface area (Å²) in [7, 11) is 1.72. The zero-order valence-corrected chi connectivity index (χ0v) is 12.4. The molecule has 0 radical (unpaired) electrons. The van der Waals surface area contributed by atoms with Crippen LogP contribution < -0.4 is 14.8 Å². The highest BCUT2D eigenvalue weighted by molar-refractivity contribution is 5.94. The Kier molecular flexibility index (Phi) is 4.10. The number of rotatable bonds is 6. The van der Waals surface area contributed by atoms with E-state index in [1.54, 1.807) is 7.11 Å². The van der Waals surface area contributed by atoms with Gasteiger partial charge in [0.1, 0.15) is 5.82 Å². The van der Waals surface area contributed by atoms with Crippen molar-refractivity contribution in [1.82, 2.24) is 4.98 Å². The summed E-state index contributed by atoms with van der Waals surface area (Å²) >= 11 is 0. The number of benzene rings is 1. The Balaban J connectivity index is 1.94. The van der Waals surface area contributed by atoms with Gasteiger partial charge in [0.2, 0.25) is 6.79 Å². The van der Waals surface area contributed by atoms with Crippen LogP contribution in [0.1, 0.15) is 19.8 Å². The van der Waals surface area contributed by atoms with Crippen molar-refractivity contribution in [3.8, 4) is 11.5 Å². The van der Waals surface area contributed by atoms with Gasteiger partial charge in [0.25, 0.3) is 0 Å². The van der Waals surface area contributed by atoms with E-state index in [9.17, 15) is 0 Å². The fourth-order valence-electron chi connectivity index (χ4n) is 2.62. The highest BCUT2D eigenvalue weighted by Gasteiger charge is 2.17. The molecule has 2 heterocycles. The van der Waals surface area contributed by atoms with Gasteiger partial charge in [0.15, 0.2) is 11.5 Å². The SMILES string of the molecule is CCCC(COC)Nc1nccc2cc3c(cc12)OCO3. The molecule has 1 aliphatic heterocycles. The molecule has 1 aromatic carbocycles. The van der Waals surface area contributed by atoms with Gasteiger partial charge in [-0.3, -0.25) is 0 Å². The molecule has 2 aromatic rings. The lowest BCUT2D eigenvalue weighted by atomic mass is 10.1. The summed E-state index contributed by atoms with van der Waals surface area (Å²) in [6, 6.07) is 6.22. The largest absolute Gasteiger partial charge is 0.454 e. The second-order valence-electron chi connectivity index (χ2n) is 5.17. The van der Waals surface area contributed by atoms with Gasteiger partial charge in [-0.05, 0) is 30.0 Å². The zero-order chi connectivity index (χ0) is 14.7. The van der Waals surface area contributed by atoms with E-state index < -0.39 is 0 Å². The van der Waals surface area contributed by atoms with E-state index in [0.717, 1.165) is 40.9 Å². The average molecular weight is 288 g/mol. The maximum atomic E-state index is 5.46. The van der Waals surface area contributed by atoms with Crippen LogP contribution in [0.3, 0.4) is 0 Å². The minimum Gasteiger partial charge on any atom is -0.454 e. The van der Waals surface area contributed by atoms with E-state index >= 15 is 0 Å². The lowest BCUT2D eigenvalue weighted by Gasteiger charge is -2.19. The van der Waals surface area contributed by atoms with Gasteiger partial charge in [0, 0.05) is 18.7 Å². The van der Waals surface area contributed by atoms with Crippen LogP contribution in [0.5, 0.6) is 11.5 Å². The summed E-state index contributed by atoms with van der Waals surface area (Å²) in [5.74, 6) is 2.43. The molecule has 5 nitrogen and oxygen atoms in total. The number of hydrogen-bond acceptors (Lipinski definition) is 5. The number of pyridine rings is 1. The maximum absolute atomic E-state index is 5.46. The van der Waals surface area contributed by atoms with Gasteiger partial charge in [0.05, 0.1) is 12.6 Å². The van der Waals surface area contributed by atoms with Crippen LogP contribution in [0.25, 0.3) is 10.8 Å². The maximum Gasteiger partial charge on any atom is 0.231 e. The third kappa shape index (κ3) is 2.88. The molecule has 0 saturated carbocycles. The molecule has 0 aliphatic carbocycles. The molecule has 0 bridgehead atoms. The van der Waals surface area contributed by atoms with E-state index in [2.05, 4.69) is 17.2 Å². The van der Waals surface area contributed by atoms with E-state index in [-0.39, 0.29) is 12.8 Å². The smallest absolute Gasteiger partial charge is 0.231 e. The molecule has 1 unspecified atom stereocenters. The molecule has 0 amide bonds. The van der Waals surface area contributed by atoms with Crippen molar-refractivity contribution in [2.75, 3.05) is 25.8 Å². The number of nitrogens with zero attached hydrogens (tertiary/aromatic N) is 1. The highest BCUT2D eigenvalue weighted by Crippen LogP contribution is 2.37. The van der Waals surface area contributed by atoms with Crippen molar-refractivity contribution in [1.29, 1.82) is 0 Å². The van der Waals surface area contributed by atoms with Crippen molar-refractivity contribution in [2.45, 2.75) is 25.8 Å². The zero-order valence-electron chi connectivity index (χ0n) is 12.4. The van der Waals surface area contributed by atoms with Gasteiger partial charge in [-0.25, -0.2) is 4.98 Å². The van der Waals surface area contributed by atoms with Crippen molar-refractivity contribution < 1.29 is 14.2 Å². The first-order valence-electron chi connectivity index (χ1n) is 7.25. The van der Waals surface area contributed by atoms with Crippen molar-refractivity contribution in [3.05, 3.63) is 24.4 Å². The molecule has 1 atom stereocenters. The summed E-state index contributed by atoms with van der Waals surface area (Å²) < 4.78 is 16.2. The van der Waals surface area contributed by atoms with Crippen LogP contribution in [0.2, 0.25) is 0 Å². The van der Waals surface area contributed by atoms with Gasteiger partial charge in [-0.2, -0.15) is 0 Å². The van der Waals surface area contributed by atoms with Crippen molar-refractivity contribution in [2.24, 2.45) is 0 Å². The van der Waals surface area contributed by atoms with E-state index in [1.807, 2.05) is 24.4 Å². The Labute approximate surface area is 124 Å². The first-order chi connectivity index (χ1) is 10.3. The monoisotopic (exact) mass is 288 g/mol. The lowest BCUT2D eigenvalue weighted by molar-refractivity contribution is 0.174. The number of hydrogen-bond donors (Lipinski definition) is 1. The number of anilines is 1. The third-order valence-electron chi connectivity index (χ3n) is 3.60. The first kappa shape index (κ1) is 13.9. The molecule has 0 spiro atoms. The Hall–Kier alpha value is -2.01. The van der Waals surface area contributed by atoms with Crippen LogP contribution in [0.4, 0.5) is 5.82 Å². The molecule has 21 heavy (non-hydrogen) atoms. The average Bonchev–Trinajstić information content (AvgIpc) is 2.93. The summed E-state index contributed by atoms with van der Waals surface area (Å²) in [6.07, 6.45) is 3.94. The van der Waals surface area contributed by atoms with Crippen LogP contribution in [0.15, 0.2) is 24.4 Å². The molecule has 112 valence electrons. The lowest BCUT2D eigenvalue weighted by Crippen LogP contribution is -2.25. The fraction of sp³-hybridized carbons (Fsp3) is 0.438. The van der Waals surface area contributed by atoms with Crippen LogP contribution in [-0.4, -0.2) is 31.5 Å². The Bertz CT molecular complexity index is 624. The quantitative estimate of drug-likeness (QED) is 0.884. The number of aromatic nitrogens is 1. The molecule has 1 aromatic heterocycles. The number of nitrogens with one attached hydrogen (secondary N) is 1. The second-order valence-corrected chi connectivity index (χ2v) is 5.17. The molecule has 5 heteroatoms. The topological polar surface area (TPSA) is 52.6 Å². The Morgan fingerprint density at radius 3 is 2.90 bits per heavy atom. The molecular weight excluding hydrogens is 268 g/mol. The Morgan fingerprint density at radius 1 is 1.33 bits per heavy atom. The minimum atomic E-state index is 0.253. The Morgan fingerprint density at radius 2 is 2.14 bits per heavy atom. The van der Waals surface area contributed by atoms with Gasteiger partial charge in [-0.1, -0.05) is 13.3 Å². The summed E-state index contributed by atoms with van der Waals surface area (Å²) in [5.41, 5.74) is 0. The summed E-state index contributed by atoms with van der Waals surface area (Å²) in [4.78, 5) is 4.47. The van der Waals surface area contributed by atoms with E-state index in [0.29, 0.717) is 6.61 Å². The normalized spacial score (nSPS) is 14.4. The van der Waals surface area contributed by atoms with Crippen molar-refractivity contribution in [3.63, 3.8) is 0 Å². The number of methoxy groups -OCH3 is 1.